The normalized spacial score (nSPS) is 11.3. The molecule has 0 aromatic carbocycles. The number of rotatable bonds is 5. The Kier molecular flexibility index (Phi) is 4.49. The van der Waals surface area contributed by atoms with Crippen LogP contribution in [0, 0.1) is 0 Å². The van der Waals surface area contributed by atoms with Gasteiger partial charge in [-0.1, -0.05) is 13.8 Å². The molecule has 0 unspecified atom stereocenters. The molecule has 90 valence electrons. The second-order valence-corrected chi connectivity index (χ2v) is 4.71. The zero-order valence-electron chi connectivity index (χ0n) is 9.84. The molecule has 0 aliphatic rings. The summed E-state index contributed by atoms with van der Waals surface area (Å²) in [6.45, 7) is 6.46. The Morgan fingerprint density at radius 3 is 2.38 bits per heavy atom. The Balaban J connectivity index is 2.97. The summed E-state index contributed by atoms with van der Waals surface area (Å²) in [5.41, 5.74) is 2.55. The van der Waals surface area contributed by atoms with Gasteiger partial charge in [0, 0.05) is 5.54 Å². The number of anilines is 2. The first-order chi connectivity index (χ1) is 7.56. The van der Waals surface area contributed by atoms with E-state index in [0.29, 0.717) is 5.82 Å². The van der Waals surface area contributed by atoms with E-state index < -0.39 is 0 Å². The zero-order chi connectivity index (χ0) is 12.2. The molecular weight excluding hydrogens is 270 g/mol. The minimum atomic E-state index is 0.0305. The van der Waals surface area contributed by atoms with E-state index in [2.05, 4.69) is 57.4 Å². The van der Waals surface area contributed by atoms with Crippen LogP contribution in [-0.2, 0) is 0 Å². The third-order valence-electron chi connectivity index (χ3n) is 2.91. The van der Waals surface area contributed by atoms with Crippen LogP contribution >= 0.6 is 15.9 Å². The topological polar surface area (TPSA) is 75.9 Å². The van der Waals surface area contributed by atoms with Crippen LogP contribution in [0.5, 0.6) is 0 Å². The third-order valence-corrected chi connectivity index (χ3v) is 3.66. The van der Waals surface area contributed by atoms with Crippen molar-refractivity contribution < 1.29 is 0 Å². The number of nitrogen functional groups attached to an aromatic ring is 1. The van der Waals surface area contributed by atoms with Crippen molar-refractivity contribution in [3.63, 3.8) is 0 Å². The van der Waals surface area contributed by atoms with E-state index in [1.807, 2.05) is 0 Å². The van der Waals surface area contributed by atoms with E-state index in [-0.39, 0.29) is 5.54 Å². The van der Waals surface area contributed by atoms with Gasteiger partial charge in [0.25, 0.3) is 0 Å². The van der Waals surface area contributed by atoms with E-state index in [9.17, 15) is 0 Å². The smallest absolute Gasteiger partial charge is 0.159 e. The molecule has 4 N–H and O–H groups in total. The van der Waals surface area contributed by atoms with E-state index in [0.717, 1.165) is 23.1 Å². The number of hydrogen-bond donors (Lipinski definition) is 3. The average molecular weight is 288 g/mol. The summed E-state index contributed by atoms with van der Waals surface area (Å²) in [6.07, 6.45) is 3.52. The van der Waals surface area contributed by atoms with Crippen LogP contribution in [-0.4, -0.2) is 15.5 Å². The molecule has 0 saturated carbocycles. The fraction of sp³-hybridized carbons (Fsp3) is 0.600. The molecular formula is C10H18BrN5. The SMILES string of the molecule is CCC(C)(CC)Nc1ncnc(NN)c1Br. The molecule has 5 nitrogen and oxygen atoms in total. The highest BCUT2D eigenvalue weighted by molar-refractivity contribution is 9.10. The molecule has 1 aromatic rings. The molecule has 0 spiro atoms. The van der Waals surface area contributed by atoms with Gasteiger partial charge in [-0.15, -0.1) is 0 Å². The van der Waals surface area contributed by atoms with Crippen molar-refractivity contribution >= 4 is 27.6 Å². The highest BCUT2D eigenvalue weighted by Crippen LogP contribution is 2.29. The number of hydrogen-bond acceptors (Lipinski definition) is 5. The van der Waals surface area contributed by atoms with E-state index >= 15 is 0 Å². The second-order valence-electron chi connectivity index (χ2n) is 3.92. The number of nitrogens with one attached hydrogen (secondary N) is 2. The molecule has 0 saturated heterocycles. The van der Waals surface area contributed by atoms with E-state index in [1.165, 1.54) is 6.33 Å². The maximum absolute atomic E-state index is 5.35. The Morgan fingerprint density at radius 2 is 1.88 bits per heavy atom. The van der Waals surface area contributed by atoms with Crippen LogP contribution in [0.2, 0.25) is 0 Å². The fourth-order valence-electron chi connectivity index (χ4n) is 1.27. The molecule has 16 heavy (non-hydrogen) atoms. The third kappa shape index (κ3) is 2.82. The molecule has 0 radical (unpaired) electrons. The van der Waals surface area contributed by atoms with Gasteiger partial charge in [-0.2, -0.15) is 0 Å². The van der Waals surface area contributed by atoms with Gasteiger partial charge in [-0.3, -0.25) is 0 Å². The Bertz CT molecular complexity index is 351. The Labute approximate surface area is 104 Å². The van der Waals surface area contributed by atoms with Crippen LogP contribution in [0.1, 0.15) is 33.6 Å². The molecule has 0 aliphatic heterocycles. The molecule has 0 aliphatic carbocycles. The van der Waals surface area contributed by atoms with E-state index in [4.69, 9.17) is 5.84 Å². The minimum Gasteiger partial charge on any atom is -0.364 e. The van der Waals surface area contributed by atoms with Gasteiger partial charge >= 0.3 is 0 Å². The highest BCUT2D eigenvalue weighted by atomic mass is 79.9. The number of aromatic nitrogens is 2. The van der Waals surface area contributed by atoms with E-state index in [1.54, 1.807) is 0 Å². The second kappa shape index (κ2) is 5.45. The lowest BCUT2D eigenvalue weighted by Crippen LogP contribution is -2.33. The quantitative estimate of drug-likeness (QED) is 0.573. The van der Waals surface area contributed by atoms with Crippen LogP contribution in [0.25, 0.3) is 0 Å². The first-order valence-corrected chi connectivity index (χ1v) is 6.11. The van der Waals surface area contributed by atoms with Gasteiger partial charge in [0.05, 0.1) is 0 Å². The Hall–Kier alpha value is -0.880. The standard InChI is InChI=1S/C10H18BrN5/c1-4-10(3,5-2)15-8-7(11)9(16-12)14-6-13-8/h6H,4-5,12H2,1-3H3,(H2,13,14,15,16). The van der Waals surface area contributed by atoms with Crippen molar-refractivity contribution in [2.75, 3.05) is 10.7 Å². The monoisotopic (exact) mass is 287 g/mol. The fourth-order valence-corrected chi connectivity index (χ4v) is 1.69. The maximum Gasteiger partial charge on any atom is 0.159 e. The lowest BCUT2D eigenvalue weighted by atomic mass is 9.96. The number of nitrogens with zero attached hydrogens (tertiary/aromatic N) is 2. The summed E-state index contributed by atoms with van der Waals surface area (Å²) in [7, 11) is 0. The highest BCUT2D eigenvalue weighted by Gasteiger charge is 2.21. The van der Waals surface area contributed by atoms with Gasteiger partial charge in [0.2, 0.25) is 0 Å². The molecule has 1 heterocycles. The summed E-state index contributed by atoms with van der Waals surface area (Å²) in [5.74, 6) is 6.68. The van der Waals surface area contributed by atoms with Gasteiger partial charge in [-0.05, 0) is 35.7 Å². The van der Waals surface area contributed by atoms with Gasteiger partial charge in [0.15, 0.2) is 5.82 Å². The first-order valence-electron chi connectivity index (χ1n) is 5.31. The first kappa shape index (κ1) is 13.2. The van der Waals surface area contributed by atoms with Crippen LogP contribution in [0.3, 0.4) is 0 Å². The van der Waals surface area contributed by atoms with Crippen molar-refractivity contribution in [1.82, 2.24) is 9.97 Å². The van der Waals surface area contributed by atoms with Crippen molar-refractivity contribution in [2.45, 2.75) is 39.2 Å². The molecule has 0 amide bonds. The van der Waals surface area contributed by atoms with Gasteiger partial charge in [-0.25, -0.2) is 15.8 Å². The van der Waals surface area contributed by atoms with Crippen LogP contribution in [0.4, 0.5) is 11.6 Å². The minimum absolute atomic E-state index is 0.0305. The van der Waals surface area contributed by atoms with Crippen molar-refractivity contribution in [2.24, 2.45) is 5.84 Å². The average Bonchev–Trinajstić information content (AvgIpc) is 2.32. The van der Waals surface area contributed by atoms with Crippen molar-refractivity contribution in [3.8, 4) is 0 Å². The van der Waals surface area contributed by atoms with Crippen molar-refractivity contribution in [3.05, 3.63) is 10.8 Å². The molecule has 0 bridgehead atoms. The molecule has 1 rings (SSSR count). The van der Waals surface area contributed by atoms with Crippen molar-refractivity contribution in [1.29, 1.82) is 0 Å². The molecule has 0 atom stereocenters. The molecule has 6 heteroatoms. The largest absolute Gasteiger partial charge is 0.364 e. The maximum atomic E-state index is 5.35. The number of halogens is 1. The van der Waals surface area contributed by atoms with Gasteiger partial charge in [0.1, 0.15) is 16.6 Å². The summed E-state index contributed by atoms with van der Waals surface area (Å²) in [4.78, 5) is 8.21. The predicted molar refractivity (Wildman–Crippen MR) is 70.2 cm³/mol. The summed E-state index contributed by atoms with van der Waals surface area (Å²) in [5, 5.41) is 3.40. The molecule has 0 fully saturated rings. The predicted octanol–water partition coefficient (Wildman–Crippen LogP) is 2.52. The zero-order valence-corrected chi connectivity index (χ0v) is 11.4. The summed E-state index contributed by atoms with van der Waals surface area (Å²) >= 11 is 3.42. The molecule has 1 aromatic heterocycles. The lowest BCUT2D eigenvalue weighted by molar-refractivity contribution is 0.476. The number of hydrazine groups is 1. The summed E-state index contributed by atoms with van der Waals surface area (Å²) in [6, 6.07) is 0. The Morgan fingerprint density at radius 1 is 1.31 bits per heavy atom. The van der Waals surface area contributed by atoms with Crippen LogP contribution < -0.4 is 16.6 Å². The van der Waals surface area contributed by atoms with Crippen LogP contribution in [0.15, 0.2) is 10.8 Å². The summed E-state index contributed by atoms with van der Waals surface area (Å²) < 4.78 is 0.755. The lowest BCUT2D eigenvalue weighted by Gasteiger charge is -2.29. The van der Waals surface area contributed by atoms with Gasteiger partial charge < -0.3 is 10.7 Å². The number of nitrogens with two attached hydrogens (primary N) is 1.